The Labute approximate surface area is 97.3 Å². The molecular weight excluding hydrogens is 200 g/mol. The zero-order valence-corrected chi connectivity index (χ0v) is 10.3. The molecule has 4 nitrogen and oxygen atoms in total. The number of likely N-dealkylation sites (tertiary alicyclic amines) is 1. The Bertz CT molecular complexity index is 351. The normalized spacial score (nSPS) is 22.1. The summed E-state index contributed by atoms with van der Waals surface area (Å²) in [6.07, 6.45) is 4.32. The molecule has 0 aromatic carbocycles. The maximum atomic E-state index is 4.62. The Morgan fingerprint density at radius 2 is 2.25 bits per heavy atom. The zero-order valence-electron chi connectivity index (χ0n) is 10.3. The average molecular weight is 220 g/mol. The molecule has 0 radical (unpaired) electrons. The summed E-state index contributed by atoms with van der Waals surface area (Å²) in [6.45, 7) is 2.28. The summed E-state index contributed by atoms with van der Waals surface area (Å²) in [5, 5.41) is 0. The van der Waals surface area contributed by atoms with Gasteiger partial charge >= 0.3 is 0 Å². The molecule has 2 rings (SSSR count). The number of rotatable bonds is 2. The van der Waals surface area contributed by atoms with Crippen LogP contribution < -0.4 is 4.90 Å². The highest BCUT2D eigenvalue weighted by Gasteiger charge is 2.21. The van der Waals surface area contributed by atoms with E-state index in [2.05, 4.69) is 21.9 Å². The maximum Gasteiger partial charge on any atom is 0.135 e. The largest absolute Gasteiger partial charge is 0.363 e. The number of hydrogen-bond acceptors (Lipinski definition) is 4. The summed E-state index contributed by atoms with van der Waals surface area (Å²) < 4.78 is 0. The van der Waals surface area contributed by atoms with Gasteiger partial charge < -0.3 is 9.80 Å². The highest BCUT2D eigenvalue weighted by Crippen LogP contribution is 2.24. The second kappa shape index (κ2) is 4.78. The third kappa shape index (κ3) is 2.50. The van der Waals surface area contributed by atoms with E-state index in [4.69, 9.17) is 0 Å². The van der Waals surface area contributed by atoms with Crippen LogP contribution >= 0.6 is 0 Å². The van der Waals surface area contributed by atoms with Gasteiger partial charge in [0.1, 0.15) is 11.6 Å². The number of likely N-dealkylation sites (N-methyl/N-ethyl adjacent to an activating group) is 1. The summed E-state index contributed by atoms with van der Waals surface area (Å²) in [7, 11) is 6.19. The lowest BCUT2D eigenvalue weighted by molar-refractivity contribution is 0.246. The van der Waals surface area contributed by atoms with Crippen molar-refractivity contribution >= 4 is 5.82 Å². The smallest absolute Gasteiger partial charge is 0.135 e. The van der Waals surface area contributed by atoms with Crippen LogP contribution in [0.15, 0.2) is 12.3 Å². The topological polar surface area (TPSA) is 32.3 Å². The molecule has 1 atom stereocenters. The van der Waals surface area contributed by atoms with Gasteiger partial charge in [0.05, 0.1) is 0 Å². The number of hydrogen-bond donors (Lipinski definition) is 0. The second-order valence-corrected chi connectivity index (χ2v) is 4.77. The van der Waals surface area contributed by atoms with Crippen molar-refractivity contribution in [3.05, 3.63) is 18.1 Å². The average Bonchev–Trinajstić information content (AvgIpc) is 2.29. The minimum absolute atomic E-state index is 0.499. The fourth-order valence-electron chi connectivity index (χ4n) is 2.19. The van der Waals surface area contributed by atoms with Gasteiger partial charge in [0.15, 0.2) is 0 Å². The Kier molecular flexibility index (Phi) is 3.39. The molecule has 1 fully saturated rings. The van der Waals surface area contributed by atoms with Crippen molar-refractivity contribution in [1.29, 1.82) is 0 Å². The summed E-state index contributed by atoms with van der Waals surface area (Å²) in [5.74, 6) is 2.50. The lowest BCUT2D eigenvalue weighted by Gasteiger charge is -2.28. The van der Waals surface area contributed by atoms with Crippen molar-refractivity contribution in [3.8, 4) is 0 Å². The molecule has 0 bridgehead atoms. The first-order chi connectivity index (χ1) is 7.66. The van der Waals surface area contributed by atoms with Gasteiger partial charge in [-0.2, -0.15) is 0 Å². The fourth-order valence-corrected chi connectivity index (χ4v) is 2.19. The number of nitrogens with zero attached hydrogens (tertiary/aromatic N) is 4. The predicted molar refractivity (Wildman–Crippen MR) is 65.8 cm³/mol. The van der Waals surface area contributed by atoms with Gasteiger partial charge in [-0.15, -0.1) is 0 Å². The molecule has 1 aliphatic rings. The zero-order chi connectivity index (χ0) is 11.5. The molecular formula is C12H20N4. The standard InChI is InChI=1S/C12H20N4/c1-15(2)11-6-7-13-12(14-11)10-5-4-8-16(3)9-10/h6-7,10H,4-5,8-9H2,1-3H3. The van der Waals surface area contributed by atoms with Crippen LogP contribution in [0.5, 0.6) is 0 Å². The molecule has 0 aliphatic carbocycles. The van der Waals surface area contributed by atoms with Gasteiger partial charge in [-0.25, -0.2) is 9.97 Å². The van der Waals surface area contributed by atoms with E-state index in [9.17, 15) is 0 Å². The van der Waals surface area contributed by atoms with Crippen LogP contribution in [-0.4, -0.2) is 49.1 Å². The minimum Gasteiger partial charge on any atom is -0.363 e. The molecule has 1 aliphatic heterocycles. The second-order valence-electron chi connectivity index (χ2n) is 4.77. The molecule has 1 aromatic rings. The van der Waals surface area contributed by atoms with Crippen LogP contribution in [0.25, 0.3) is 0 Å². The summed E-state index contributed by atoms with van der Waals surface area (Å²) in [5.41, 5.74) is 0. The molecule has 0 amide bonds. The molecule has 0 spiro atoms. The third-order valence-corrected chi connectivity index (χ3v) is 3.11. The Hall–Kier alpha value is -1.16. The first kappa shape index (κ1) is 11.3. The highest BCUT2D eigenvalue weighted by atomic mass is 15.2. The van der Waals surface area contributed by atoms with Crippen molar-refractivity contribution in [1.82, 2.24) is 14.9 Å². The van der Waals surface area contributed by atoms with E-state index in [0.717, 1.165) is 18.2 Å². The monoisotopic (exact) mass is 220 g/mol. The van der Waals surface area contributed by atoms with Crippen LogP contribution in [0.2, 0.25) is 0 Å². The van der Waals surface area contributed by atoms with Crippen molar-refractivity contribution in [2.24, 2.45) is 0 Å². The number of aromatic nitrogens is 2. The van der Waals surface area contributed by atoms with Crippen molar-refractivity contribution in [3.63, 3.8) is 0 Å². The van der Waals surface area contributed by atoms with Gasteiger partial charge in [-0.3, -0.25) is 0 Å². The summed E-state index contributed by atoms with van der Waals surface area (Å²) >= 11 is 0. The first-order valence-corrected chi connectivity index (χ1v) is 5.85. The van der Waals surface area contributed by atoms with E-state index in [-0.39, 0.29) is 0 Å². The SMILES string of the molecule is CN1CCCC(c2nccc(N(C)C)n2)C1. The third-order valence-electron chi connectivity index (χ3n) is 3.11. The van der Waals surface area contributed by atoms with E-state index >= 15 is 0 Å². The van der Waals surface area contributed by atoms with Gasteiger partial charge in [-0.1, -0.05) is 0 Å². The quantitative estimate of drug-likeness (QED) is 0.753. The molecule has 1 saturated heterocycles. The van der Waals surface area contributed by atoms with E-state index in [0.29, 0.717) is 5.92 Å². The number of anilines is 1. The van der Waals surface area contributed by atoms with Crippen LogP contribution in [-0.2, 0) is 0 Å². The maximum absolute atomic E-state index is 4.62. The Balaban J connectivity index is 2.16. The van der Waals surface area contributed by atoms with Gasteiger partial charge in [-0.05, 0) is 32.5 Å². The molecule has 2 heterocycles. The fraction of sp³-hybridized carbons (Fsp3) is 0.667. The van der Waals surface area contributed by atoms with Crippen LogP contribution in [0, 0.1) is 0 Å². The van der Waals surface area contributed by atoms with E-state index in [1.165, 1.54) is 19.4 Å². The van der Waals surface area contributed by atoms with Crippen molar-refractivity contribution in [2.45, 2.75) is 18.8 Å². The molecule has 1 aromatic heterocycles. The lowest BCUT2D eigenvalue weighted by Crippen LogP contribution is -2.31. The molecule has 4 heteroatoms. The Morgan fingerprint density at radius 3 is 2.94 bits per heavy atom. The van der Waals surface area contributed by atoms with Crippen LogP contribution in [0.1, 0.15) is 24.6 Å². The first-order valence-electron chi connectivity index (χ1n) is 5.85. The number of piperidine rings is 1. The van der Waals surface area contributed by atoms with E-state index in [1.54, 1.807) is 0 Å². The predicted octanol–water partition coefficient (Wildman–Crippen LogP) is 1.35. The summed E-state index contributed by atoms with van der Waals surface area (Å²) in [6, 6.07) is 1.95. The van der Waals surface area contributed by atoms with Gasteiger partial charge in [0, 0.05) is 32.8 Å². The van der Waals surface area contributed by atoms with Gasteiger partial charge in [0.25, 0.3) is 0 Å². The molecule has 0 N–H and O–H groups in total. The highest BCUT2D eigenvalue weighted by molar-refractivity contribution is 5.35. The molecule has 88 valence electrons. The van der Waals surface area contributed by atoms with E-state index < -0.39 is 0 Å². The van der Waals surface area contributed by atoms with Crippen molar-refractivity contribution in [2.75, 3.05) is 39.1 Å². The molecule has 16 heavy (non-hydrogen) atoms. The lowest BCUT2D eigenvalue weighted by atomic mass is 9.98. The van der Waals surface area contributed by atoms with Gasteiger partial charge in [0.2, 0.25) is 0 Å². The van der Waals surface area contributed by atoms with Crippen LogP contribution in [0.4, 0.5) is 5.82 Å². The van der Waals surface area contributed by atoms with E-state index in [1.807, 2.05) is 31.3 Å². The molecule has 1 unspecified atom stereocenters. The van der Waals surface area contributed by atoms with Crippen molar-refractivity contribution < 1.29 is 0 Å². The summed E-state index contributed by atoms with van der Waals surface area (Å²) in [4.78, 5) is 13.4. The van der Waals surface area contributed by atoms with Crippen LogP contribution in [0.3, 0.4) is 0 Å². The Morgan fingerprint density at radius 1 is 1.44 bits per heavy atom. The molecule has 0 saturated carbocycles. The minimum atomic E-state index is 0.499.